The zero-order valence-corrected chi connectivity index (χ0v) is 46.2. The molecule has 2 aromatic carbocycles. The number of H-pyrrole nitrogens is 1. The van der Waals surface area contributed by atoms with Gasteiger partial charge in [0.05, 0.1) is 6.04 Å². The molecule has 0 saturated carbocycles. The molecule has 0 bridgehead atoms. The molecule has 3 rings (SSSR count). The minimum Gasteiger partial charge on any atom is -0.480 e. The van der Waals surface area contributed by atoms with Crippen LogP contribution in [0.1, 0.15) is 119 Å². The molecule has 1 aromatic heterocycles. The monoisotopic (exact) mass is 1050 g/mol. The Balaban J connectivity index is 1.89. The lowest BCUT2D eigenvalue weighted by molar-refractivity contribution is -0.142. The molecule has 19 heteroatoms. The Morgan fingerprint density at radius 3 is 1.26 bits per heavy atom. The van der Waals surface area contributed by atoms with E-state index >= 15 is 0 Å². The summed E-state index contributed by atoms with van der Waals surface area (Å²) in [5.74, 6) is -5.44. The fraction of sp³-hybridized carbons (Fsp3) is 0.600. The van der Waals surface area contributed by atoms with Gasteiger partial charge < -0.3 is 53.0 Å². The second kappa shape index (κ2) is 31.1. The zero-order valence-electron chi connectivity index (χ0n) is 45.3. The molecule has 0 fully saturated rings. The van der Waals surface area contributed by atoms with Crippen molar-refractivity contribution in [2.24, 2.45) is 35.3 Å². The van der Waals surface area contributed by atoms with Crippen molar-refractivity contribution in [2.45, 2.75) is 169 Å². The van der Waals surface area contributed by atoms with Crippen LogP contribution < -0.4 is 43.0 Å². The summed E-state index contributed by atoms with van der Waals surface area (Å²) in [7, 11) is 0. The van der Waals surface area contributed by atoms with E-state index in [0.29, 0.717) is 17.7 Å². The van der Waals surface area contributed by atoms with Gasteiger partial charge in [0.25, 0.3) is 0 Å². The number of hydrogen-bond acceptors (Lipinski definition) is 10. The van der Waals surface area contributed by atoms with E-state index in [2.05, 4.69) is 42.2 Å². The molecule has 0 aliphatic heterocycles. The Labute approximate surface area is 442 Å². The van der Waals surface area contributed by atoms with Crippen molar-refractivity contribution in [1.29, 1.82) is 0 Å². The molecule has 7 amide bonds. The quantitative estimate of drug-likeness (QED) is 0.0408. The first-order chi connectivity index (χ1) is 34.9. The second-order valence-electron chi connectivity index (χ2n) is 21.6. The Kier molecular flexibility index (Phi) is 26.2. The zero-order chi connectivity index (χ0) is 55.2. The number of carbonyl (C=O) groups excluding carboxylic acids is 7. The standard InChI is InChI=1S/C55H85N9O9S/c1-31(2)23-41(60-51(68)43(25-33(5)6)62-54(71)46(58-48(65)39(56)21-22-74-11)29-37-30-57-40-20-16-15-19-38(37)40)49(66)59-42(24-32(3)4)50(67)61-44(26-34(7)8)52(69)63-45(28-36-17-13-12-14-18-36)53(70)64-47(55(72)73)27-35(9)10/h12-20,30-35,39,41-47,57H,21-29,56H2,1-11H3,(H,58,65)(H,59,66)(H,60,68)(H,61,67)(H,62,71)(H,63,69)(H,64,70)(H,72,73)/t39-,41-,42-,43-,44-,45-,46-,47-/m0/s1. The van der Waals surface area contributed by atoms with Crippen molar-refractivity contribution in [3.63, 3.8) is 0 Å². The topological polar surface area (TPSA) is 283 Å². The van der Waals surface area contributed by atoms with Crippen LogP contribution in [0.25, 0.3) is 10.9 Å². The predicted molar refractivity (Wildman–Crippen MR) is 292 cm³/mol. The number of nitrogens with two attached hydrogens (primary N) is 1. The van der Waals surface area contributed by atoms with Crippen LogP contribution in [-0.4, -0.2) is 118 Å². The van der Waals surface area contributed by atoms with Crippen LogP contribution in [0, 0.1) is 29.6 Å². The molecule has 0 unspecified atom stereocenters. The predicted octanol–water partition coefficient (Wildman–Crippen LogP) is 4.74. The lowest BCUT2D eigenvalue weighted by Gasteiger charge is -2.29. The molecule has 410 valence electrons. The fourth-order valence-corrected chi connectivity index (χ4v) is 9.07. The number of thioether (sulfide) groups is 1. The summed E-state index contributed by atoms with van der Waals surface area (Å²) in [5, 5.41) is 30.4. The minimum absolute atomic E-state index is 0.0425. The van der Waals surface area contributed by atoms with E-state index in [9.17, 15) is 43.5 Å². The average molecular weight is 1050 g/mol. The second-order valence-corrected chi connectivity index (χ2v) is 22.5. The van der Waals surface area contributed by atoms with Gasteiger partial charge in [0.2, 0.25) is 41.4 Å². The van der Waals surface area contributed by atoms with E-state index in [1.807, 2.05) is 106 Å². The van der Waals surface area contributed by atoms with Gasteiger partial charge in [-0.05, 0) is 97.3 Å². The van der Waals surface area contributed by atoms with E-state index in [1.165, 1.54) is 0 Å². The minimum atomic E-state index is -1.20. The van der Waals surface area contributed by atoms with Crippen molar-refractivity contribution in [1.82, 2.24) is 42.2 Å². The highest BCUT2D eigenvalue weighted by atomic mass is 32.2. The highest BCUT2D eigenvalue weighted by molar-refractivity contribution is 7.98. The number of para-hydroxylation sites is 1. The van der Waals surface area contributed by atoms with Crippen LogP contribution in [-0.2, 0) is 51.2 Å². The van der Waals surface area contributed by atoms with E-state index in [-0.39, 0.29) is 74.5 Å². The number of carbonyl (C=O) groups is 8. The SMILES string of the molecule is CSCC[C@H](N)C(=O)N[C@@H](Cc1c[nH]c2ccccc12)C(=O)N[C@@H](CC(C)C)C(=O)N[C@@H](CC(C)C)C(=O)N[C@@H](CC(C)C)C(=O)N[C@@H](CC(C)C)C(=O)N[C@@H](Cc1ccccc1)C(=O)N[C@@H](CC(C)C)C(=O)O. The van der Waals surface area contributed by atoms with Gasteiger partial charge in [-0.2, -0.15) is 11.8 Å². The molecular formula is C55H85N9O9S. The molecular weight excluding hydrogens is 963 g/mol. The van der Waals surface area contributed by atoms with Gasteiger partial charge in [-0.25, -0.2) is 4.79 Å². The maximum Gasteiger partial charge on any atom is 0.326 e. The van der Waals surface area contributed by atoms with Crippen molar-refractivity contribution >= 4 is 70.0 Å². The number of aromatic nitrogens is 1. The number of carboxylic acids is 1. The van der Waals surface area contributed by atoms with Crippen LogP contribution in [0.15, 0.2) is 60.8 Å². The Hall–Kier alpha value is -5.95. The number of amides is 7. The average Bonchev–Trinajstić information content (AvgIpc) is 3.73. The molecule has 1 heterocycles. The summed E-state index contributed by atoms with van der Waals surface area (Å²) in [6.07, 6.45) is 5.09. The maximum atomic E-state index is 14.4. The molecule has 74 heavy (non-hydrogen) atoms. The summed E-state index contributed by atoms with van der Waals surface area (Å²) < 4.78 is 0. The highest BCUT2D eigenvalue weighted by Crippen LogP contribution is 2.20. The maximum absolute atomic E-state index is 14.4. The summed E-state index contributed by atoms with van der Waals surface area (Å²) >= 11 is 1.55. The molecule has 0 spiro atoms. The van der Waals surface area contributed by atoms with E-state index < -0.39 is 95.7 Å². The third-order valence-electron chi connectivity index (χ3n) is 12.3. The molecule has 11 N–H and O–H groups in total. The molecule has 0 radical (unpaired) electrons. The highest BCUT2D eigenvalue weighted by Gasteiger charge is 2.36. The van der Waals surface area contributed by atoms with Gasteiger partial charge in [0.1, 0.15) is 42.3 Å². The van der Waals surface area contributed by atoms with Gasteiger partial charge in [0.15, 0.2) is 0 Å². The van der Waals surface area contributed by atoms with Crippen LogP contribution in [0.2, 0.25) is 0 Å². The van der Waals surface area contributed by atoms with Crippen LogP contribution in [0.3, 0.4) is 0 Å². The van der Waals surface area contributed by atoms with Gasteiger partial charge >= 0.3 is 5.97 Å². The number of aliphatic carboxylic acids is 1. The number of aromatic amines is 1. The molecule has 0 saturated heterocycles. The first-order valence-electron chi connectivity index (χ1n) is 26.1. The number of hydrogen-bond donors (Lipinski definition) is 10. The Morgan fingerprint density at radius 1 is 0.486 bits per heavy atom. The van der Waals surface area contributed by atoms with E-state index in [4.69, 9.17) is 5.73 Å². The van der Waals surface area contributed by atoms with Crippen molar-refractivity contribution in [2.75, 3.05) is 12.0 Å². The fourth-order valence-electron chi connectivity index (χ4n) is 8.58. The van der Waals surface area contributed by atoms with Gasteiger partial charge in [-0.15, -0.1) is 0 Å². The lowest BCUT2D eigenvalue weighted by Crippen LogP contribution is -2.60. The first kappa shape index (κ1) is 62.3. The summed E-state index contributed by atoms with van der Waals surface area (Å²) in [6.45, 7) is 18.7. The number of carboxylic acid groups (broad SMARTS) is 1. The third kappa shape index (κ3) is 21.5. The summed E-state index contributed by atoms with van der Waals surface area (Å²) in [6, 6.07) is 7.57. The van der Waals surface area contributed by atoms with Crippen LogP contribution >= 0.6 is 11.8 Å². The molecule has 3 aromatic rings. The summed E-state index contributed by atoms with van der Waals surface area (Å²) in [5.41, 5.74) is 8.58. The third-order valence-corrected chi connectivity index (χ3v) is 12.9. The van der Waals surface area contributed by atoms with Gasteiger partial charge in [-0.1, -0.05) is 118 Å². The van der Waals surface area contributed by atoms with Crippen molar-refractivity contribution in [3.05, 3.63) is 71.9 Å². The lowest BCUT2D eigenvalue weighted by atomic mass is 9.97. The van der Waals surface area contributed by atoms with Crippen LogP contribution in [0.4, 0.5) is 0 Å². The molecule has 8 atom stereocenters. The Bertz CT molecular complexity index is 2300. The first-order valence-corrected chi connectivity index (χ1v) is 27.5. The number of benzene rings is 2. The van der Waals surface area contributed by atoms with E-state index in [1.54, 1.807) is 42.2 Å². The smallest absolute Gasteiger partial charge is 0.326 e. The number of fused-ring (bicyclic) bond motifs is 1. The normalized spacial score (nSPS) is 14.9. The largest absolute Gasteiger partial charge is 0.480 e. The van der Waals surface area contributed by atoms with E-state index in [0.717, 1.165) is 16.5 Å². The molecule has 18 nitrogen and oxygen atoms in total. The summed E-state index contributed by atoms with van der Waals surface area (Å²) in [4.78, 5) is 114. The number of rotatable bonds is 32. The Morgan fingerprint density at radius 2 is 0.838 bits per heavy atom. The van der Waals surface area contributed by atoms with Crippen molar-refractivity contribution in [3.8, 4) is 0 Å². The van der Waals surface area contributed by atoms with Crippen LogP contribution in [0.5, 0.6) is 0 Å². The number of nitrogens with one attached hydrogen (secondary N) is 8. The van der Waals surface area contributed by atoms with Gasteiger partial charge in [0, 0.05) is 29.9 Å². The van der Waals surface area contributed by atoms with Gasteiger partial charge in [-0.3, -0.25) is 33.6 Å². The molecule has 0 aliphatic carbocycles. The van der Waals surface area contributed by atoms with Crippen molar-refractivity contribution < 1.29 is 43.5 Å². The molecule has 0 aliphatic rings.